The van der Waals surface area contributed by atoms with E-state index in [1.165, 1.54) is 31.2 Å². The Morgan fingerprint density at radius 2 is 1.64 bits per heavy atom. The van der Waals surface area contributed by atoms with E-state index >= 15 is 0 Å². The Morgan fingerprint density at radius 3 is 2.29 bits per heavy atom. The zero-order valence-electron chi connectivity index (χ0n) is 24.9. The molecule has 1 unspecified atom stereocenters. The molecule has 2 N–H and O–H groups in total. The number of fused-ring (bicyclic) bond motifs is 1. The second kappa shape index (κ2) is 18.1. The van der Waals surface area contributed by atoms with Gasteiger partial charge in [0.2, 0.25) is 0 Å². The molecule has 3 rings (SSSR count). The van der Waals surface area contributed by atoms with Crippen LogP contribution in [0.1, 0.15) is 67.8 Å². The van der Waals surface area contributed by atoms with E-state index in [-0.39, 0.29) is 12.1 Å². The number of aliphatic carboxylic acids is 2. The van der Waals surface area contributed by atoms with Crippen LogP contribution >= 0.6 is 11.6 Å². The van der Waals surface area contributed by atoms with Gasteiger partial charge in [0, 0.05) is 24.5 Å². The van der Waals surface area contributed by atoms with E-state index in [0.29, 0.717) is 22.9 Å². The van der Waals surface area contributed by atoms with Gasteiger partial charge in [0.25, 0.3) is 5.91 Å². The van der Waals surface area contributed by atoms with Crippen molar-refractivity contribution in [1.82, 2.24) is 9.80 Å². The second-order valence-electron chi connectivity index (χ2n) is 10.1. The SMILES string of the molecule is CCCCCCCC1Oc2ccc(Cl)cc2C(=O)N1CCCN(C)CCc1ccc(OC)c(OC)c1.O=C(O)C(=O)O. The van der Waals surface area contributed by atoms with Crippen LogP contribution in [-0.4, -0.2) is 85.0 Å². The van der Waals surface area contributed by atoms with Crippen LogP contribution in [-0.2, 0) is 16.0 Å². The first-order chi connectivity index (χ1) is 20.1. The zero-order chi connectivity index (χ0) is 31.1. The van der Waals surface area contributed by atoms with Gasteiger partial charge in [-0.05, 0) is 68.8 Å². The number of ether oxygens (including phenoxy) is 3. The van der Waals surface area contributed by atoms with Crippen LogP contribution in [0.25, 0.3) is 0 Å². The van der Waals surface area contributed by atoms with E-state index in [1.807, 2.05) is 23.1 Å². The Kier molecular flexibility index (Phi) is 15.0. The van der Waals surface area contributed by atoms with Gasteiger partial charge in [-0.2, -0.15) is 0 Å². The molecule has 2 aromatic rings. The van der Waals surface area contributed by atoms with Gasteiger partial charge in [-0.3, -0.25) is 4.79 Å². The molecule has 0 spiro atoms. The number of halogens is 1. The average Bonchev–Trinajstić information content (AvgIpc) is 2.97. The second-order valence-corrected chi connectivity index (χ2v) is 10.6. The number of hydrogen-bond acceptors (Lipinski definition) is 7. The third-order valence-corrected chi connectivity index (χ3v) is 7.19. The predicted molar refractivity (Wildman–Crippen MR) is 161 cm³/mol. The highest BCUT2D eigenvalue weighted by Gasteiger charge is 2.33. The van der Waals surface area contributed by atoms with E-state index in [4.69, 9.17) is 45.6 Å². The number of amides is 1. The van der Waals surface area contributed by atoms with Crippen molar-refractivity contribution < 1.29 is 38.8 Å². The van der Waals surface area contributed by atoms with Crippen LogP contribution in [0.2, 0.25) is 5.02 Å². The number of methoxy groups -OCH3 is 2. The van der Waals surface area contributed by atoms with Gasteiger partial charge in [0.15, 0.2) is 17.7 Å². The normalized spacial score (nSPS) is 14.0. The lowest BCUT2D eigenvalue weighted by molar-refractivity contribution is -0.159. The molecule has 1 amide bonds. The van der Waals surface area contributed by atoms with Gasteiger partial charge in [0.05, 0.1) is 19.8 Å². The number of carboxylic acids is 2. The number of nitrogens with zero attached hydrogens (tertiary/aromatic N) is 2. The van der Waals surface area contributed by atoms with E-state index < -0.39 is 11.9 Å². The van der Waals surface area contributed by atoms with Crippen LogP contribution in [0.3, 0.4) is 0 Å². The number of carbonyl (C=O) groups is 3. The lowest BCUT2D eigenvalue weighted by atomic mass is 10.1. The van der Waals surface area contributed by atoms with E-state index in [2.05, 4.69) is 24.9 Å². The number of carbonyl (C=O) groups excluding carboxylic acids is 1. The Hall–Kier alpha value is -3.50. The van der Waals surface area contributed by atoms with Gasteiger partial charge in [-0.15, -0.1) is 0 Å². The van der Waals surface area contributed by atoms with E-state index in [0.717, 1.165) is 50.3 Å². The molecule has 0 fully saturated rings. The highest BCUT2D eigenvalue weighted by Crippen LogP contribution is 2.32. The van der Waals surface area contributed by atoms with Crippen molar-refractivity contribution in [2.45, 2.75) is 64.5 Å². The van der Waals surface area contributed by atoms with E-state index in [9.17, 15) is 4.79 Å². The monoisotopic (exact) mass is 606 g/mol. The molecule has 0 bridgehead atoms. The Bertz CT molecular complexity index is 1160. The predicted octanol–water partition coefficient (Wildman–Crippen LogP) is 5.60. The van der Waals surface area contributed by atoms with Gasteiger partial charge in [-0.1, -0.05) is 50.3 Å². The van der Waals surface area contributed by atoms with Gasteiger partial charge in [-0.25, -0.2) is 9.59 Å². The first kappa shape index (κ1) is 34.7. The van der Waals surface area contributed by atoms with Crippen molar-refractivity contribution in [3.05, 3.63) is 52.5 Å². The minimum Gasteiger partial charge on any atom is -0.493 e. The summed E-state index contributed by atoms with van der Waals surface area (Å²) in [5, 5.41) is 15.3. The first-order valence-corrected chi connectivity index (χ1v) is 14.6. The molecular formula is C31H43ClN2O8. The third kappa shape index (κ3) is 11.1. The lowest BCUT2D eigenvalue weighted by Gasteiger charge is -2.37. The summed E-state index contributed by atoms with van der Waals surface area (Å²) in [6.45, 7) is 4.69. The molecule has 1 atom stereocenters. The van der Waals surface area contributed by atoms with Crippen LogP contribution < -0.4 is 14.2 Å². The topological polar surface area (TPSA) is 126 Å². The molecule has 10 nitrogen and oxygen atoms in total. The summed E-state index contributed by atoms with van der Waals surface area (Å²) in [5.74, 6) is -1.49. The summed E-state index contributed by atoms with van der Waals surface area (Å²) in [6.07, 6.45) is 8.36. The van der Waals surface area contributed by atoms with Crippen molar-refractivity contribution in [3.8, 4) is 17.2 Å². The molecule has 42 heavy (non-hydrogen) atoms. The number of likely N-dealkylation sites (N-methyl/N-ethyl adjacent to an activating group) is 1. The highest BCUT2D eigenvalue weighted by molar-refractivity contribution is 6.31. The molecular weight excluding hydrogens is 564 g/mol. The zero-order valence-corrected chi connectivity index (χ0v) is 25.7. The number of carboxylic acid groups (broad SMARTS) is 2. The van der Waals surface area contributed by atoms with Crippen LogP contribution in [0.15, 0.2) is 36.4 Å². The summed E-state index contributed by atoms with van der Waals surface area (Å²) < 4.78 is 17.0. The standard InChI is InChI=1S/C29H41ClN2O4.C2H2O4/c1-5-6-7-8-9-11-28-32(29(33)24-21-23(30)13-15-25(24)36-28)18-10-17-31(2)19-16-22-12-14-26(34-3)27(20-22)35-4;3-1(4)2(5)6/h12-15,20-21,28H,5-11,16-19H2,1-4H3;(H,3,4)(H,5,6). The molecule has 1 aliphatic heterocycles. The van der Waals surface area contributed by atoms with Crippen LogP contribution in [0.5, 0.6) is 17.2 Å². The fourth-order valence-electron chi connectivity index (χ4n) is 4.63. The molecule has 0 saturated carbocycles. The quantitative estimate of drug-likeness (QED) is 0.197. The summed E-state index contributed by atoms with van der Waals surface area (Å²) in [4.78, 5) is 35.8. The number of rotatable bonds is 15. The molecule has 2 aromatic carbocycles. The smallest absolute Gasteiger partial charge is 0.414 e. The Labute approximate surface area is 253 Å². The van der Waals surface area contributed by atoms with E-state index in [1.54, 1.807) is 26.4 Å². The maximum atomic E-state index is 13.4. The third-order valence-electron chi connectivity index (χ3n) is 6.95. The van der Waals surface area contributed by atoms with Gasteiger partial charge in [0.1, 0.15) is 5.75 Å². The van der Waals surface area contributed by atoms with Gasteiger partial charge >= 0.3 is 11.9 Å². The average molecular weight is 607 g/mol. The van der Waals surface area contributed by atoms with Crippen molar-refractivity contribution >= 4 is 29.4 Å². The Balaban J connectivity index is 0.000000928. The molecule has 1 heterocycles. The summed E-state index contributed by atoms with van der Waals surface area (Å²) in [6, 6.07) is 11.4. The maximum absolute atomic E-state index is 13.4. The largest absolute Gasteiger partial charge is 0.493 e. The summed E-state index contributed by atoms with van der Waals surface area (Å²) in [7, 11) is 5.42. The minimum absolute atomic E-state index is 0.0188. The Morgan fingerprint density at radius 1 is 0.952 bits per heavy atom. The minimum atomic E-state index is -1.82. The van der Waals surface area contributed by atoms with Crippen molar-refractivity contribution in [3.63, 3.8) is 0 Å². The van der Waals surface area contributed by atoms with Gasteiger partial charge < -0.3 is 34.2 Å². The fourth-order valence-corrected chi connectivity index (χ4v) is 4.80. The fraction of sp³-hybridized carbons (Fsp3) is 0.516. The van der Waals surface area contributed by atoms with Crippen molar-refractivity contribution in [2.24, 2.45) is 0 Å². The number of hydrogen-bond donors (Lipinski definition) is 2. The maximum Gasteiger partial charge on any atom is 0.414 e. The molecule has 11 heteroatoms. The number of benzene rings is 2. The highest BCUT2D eigenvalue weighted by atomic mass is 35.5. The molecule has 0 aliphatic carbocycles. The summed E-state index contributed by atoms with van der Waals surface area (Å²) in [5.41, 5.74) is 1.77. The summed E-state index contributed by atoms with van der Waals surface area (Å²) >= 11 is 6.18. The first-order valence-electron chi connectivity index (χ1n) is 14.2. The molecule has 0 aromatic heterocycles. The molecule has 232 valence electrons. The lowest BCUT2D eigenvalue weighted by Crippen LogP contribution is -2.48. The van der Waals surface area contributed by atoms with Crippen molar-refractivity contribution in [1.29, 1.82) is 0 Å². The molecule has 0 saturated heterocycles. The van der Waals surface area contributed by atoms with Crippen LogP contribution in [0, 0.1) is 0 Å². The van der Waals surface area contributed by atoms with Crippen molar-refractivity contribution in [2.75, 3.05) is 40.9 Å². The molecule has 1 aliphatic rings. The van der Waals surface area contributed by atoms with Crippen LogP contribution in [0.4, 0.5) is 0 Å². The molecule has 0 radical (unpaired) electrons. The number of unbranched alkanes of at least 4 members (excludes halogenated alkanes) is 4.